The molecule has 35 heavy (non-hydrogen) atoms. The average molecular weight is 495 g/mol. The third-order valence-electron chi connectivity index (χ3n) is 6.34. The maximum atomic E-state index is 13.3. The molecule has 8 nitrogen and oxygen atoms in total. The van der Waals surface area contributed by atoms with Crippen molar-refractivity contribution in [2.24, 2.45) is 0 Å². The first-order chi connectivity index (χ1) is 17.0. The lowest BCUT2D eigenvalue weighted by Crippen LogP contribution is -2.48. The van der Waals surface area contributed by atoms with Gasteiger partial charge in [-0.3, -0.25) is 9.69 Å². The Bertz CT molecular complexity index is 1450. The van der Waals surface area contributed by atoms with Crippen LogP contribution in [0.5, 0.6) is 17.2 Å². The molecule has 2 aromatic heterocycles. The van der Waals surface area contributed by atoms with Gasteiger partial charge in [0.2, 0.25) is 5.75 Å². The van der Waals surface area contributed by atoms with Crippen molar-refractivity contribution in [3.05, 3.63) is 63.3 Å². The van der Waals surface area contributed by atoms with Crippen LogP contribution in [0.15, 0.2) is 51.7 Å². The van der Waals surface area contributed by atoms with Gasteiger partial charge in [0.1, 0.15) is 5.58 Å². The van der Waals surface area contributed by atoms with Crippen LogP contribution >= 0.6 is 11.3 Å². The number of para-hydroxylation sites is 1. The van der Waals surface area contributed by atoms with Gasteiger partial charge in [0.15, 0.2) is 11.5 Å². The molecule has 1 amide bonds. The lowest BCUT2D eigenvalue weighted by Gasteiger charge is -2.34. The van der Waals surface area contributed by atoms with Crippen LogP contribution in [-0.2, 0) is 6.54 Å². The van der Waals surface area contributed by atoms with E-state index in [1.165, 1.54) is 11.3 Å². The molecular formula is C26H26N2O6S. The zero-order valence-corrected chi connectivity index (χ0v) is 20.6. The van der Waals surface area contributed by atoms with Crippen LogP contribution in [0.4, 0.5) is 0 Å². The second-order valence-corrected chi connectivity index (χ2v) is 9.35. The van der Waals surface area contributed by atoms with E-state index in [2.05, 4.69) is 4.90 Å². The summed E-state index contributed by atoms with van der Waals surface area (Å²) < 4.78 is 22.7. The summed E-state index contributed by atoms with van der Waals surface area (Å²) in [5.41, 5.74) is 1.11. The molecule has 1 saturated heterocycles. The van der Waals surface area contributed by atoms with Crippen molar-refractivity contribution >= 4 is 38.3 Å². The predicted molar refractivity (Wildman–Crippen MR) is 135 cm³/mol. The molecule has 0 bridgehead atoms. The number of carbonyl (C=O) groups excluding carboxylic acids is 1. The number of rotatable bonds is 6. The van der Waals surface area contributed by atoms with E-state index in [0.29, 0.717) is 52.7 Å². The molecule has 9 heteroatoms. The number of methoxy groups -OCH3 is 3. The van der Waals surface area contributed by atoms with Crippen LogP contribution in [0, 0.1) is 0 Å². The molecule has 1 aliphatic heterocycles. The van der Waals surface area contributed by atoms with Gasteiger partial charge in [-0.15, -0.1) is 11.3 Å². The highest BCUT2D eigenvalue weighted by atomic mass is 32.1. The molecule has 1 fully saturated rings. The van der Waals surface area contributed by atoms with Crippen LogP contribution in [0.2, 0.25) is 0 Å². The fraction of sp³-hybridized carbons (Fsp3) is 0.308. The number of hydrogen-bond donors (Lipinski definition) is 0. The molecule has 4 aromatic rings. The summed E-state index contributed by atoms with van der Waals surface area (Å²) in [5, 5.41) is 1.30. The zero-order chi connectivity index (χ0) is 24.5. The van der Waals surface area contributed by atoms with Crippen molar-refractivity contribution in [3.63, 3.8) is 0 Å². The minimum Gasteiger partial charge on any atom is -0.493 e. The van der Waals surface area contributed by atoms with Gasteiger partial charge in [-0.05, 0) is 24.3 Å². The maximum Gasteiger partial charge on any atom is 0.345 e. The highest BCUT2D eigenvalue weighted by molar-refractivity contribution is 7.21. The fourth-order valence-electron chi connectivity index (χ4n) is 4.54. The largest absolute Gasteiger partial charge is 0.493 e. The van der Waals surface area contributed by atoms with Crippen LogP contribution in [0.1, 0.15) is 15.2 Å². The van der Waals surface area contributed by atoms with E-state index in [1.807, 2.05) is 35.2 Å². The molecule has 0 spiro atoms. The Morgan fingerprint density at radius 1 is 0.943 bits per heavy atom. The molecule has 1 aliphatic rings. The highest BCUT2D eigenvalue weighted by Crippen LogP contribution is 2.40. The number of thiophene rings is 1. The van der Waals surface area contributed by atoms with Crippen molar-refractivity contribution in [2.45, 2.75) is 6.54 Å². The molecule has 182 valence electrons. The number of piperazine rings is 1. The van der Waals surface area contributed by atoms with Crippen molar-refractivity contribution in [1.82, 2.24) is 9.80 Å². The predicted octanol–water partition coefficient (Wildman–Crippen LogP) is 3.99. The quantitative estimate of drug-likeness (QED) is 0.375. The van der Waals surface area contributed by atoms with Gasteiger partial charge in [0, 0.05) is 43.7 Å². The SMILES string of the molecule is COc1ccc(CN2CCN(C(=O)c3cc4c(=O)oc5ccccc5c4s3)CC2)c(OC)c1OC. The number of carbonyl (C=O) groups is 1. The Labute approximate surface area is 206 Å². The molecule has 5 rings (SSSR count). The highest BCUT2D eigenvalue weighted by Gasteiger charge is 2.26. The topological polar surface area (TPSA) is 81.5 Å². The number of amides is 1. The summed E-state index contributed by atoms with van der Waals surface area (Å²) in [4.78, 5) is 30.4. The van der Waals surface area contributed by atoms with Crippen molar-refractivity contribution < 1.29 is 23.4 Å². The molecule has 0 saturated carbocycles. The van der Waals surface area contributed by atoms with E-state index in [1.54, 1.807) is 33.5 Å². The summed E-state index contributed by atoms with van der Waals surface area (Å²) in [7, 11) is 4.81. The molecule has 2 aromatic carbocycles. The second kappa shape index (κ2) is 9.59. The van der Waals surface area contributed by atoms with Gasteiger partial charge in [-0.2, -0.15) is 0 Å². The third kappa shape index (κ3) is 4.21. The summed E-state index contributed by atoms with van der Waals surface area (Å²) in [6, 6.07) is 12.9. The molecule has 0 atom stereocenters. The first-order valence-electron chi connectivity index (χ1n) is 11.3. The summed E-state index contributed by atoms with van der Waals surface area (Å²) in [6.45, 7) is 3.30. The second-order valence-electron chi connectivity index (χ2n) is 8.30. The third-order valence-corrected chi connectivity index (χ3v) is 7.49. The molecule has 0 N–H and O–H groups in total. The molecule has 0 unspecified atom stereocenters. The Kier molecular flexibility index (Phi) is 6.36. The van der Waals surface area contributed by atoms with Gasteiger partial charge in [-0.25, -0.2) is 4.79 Å². The first-order valence-corrected chi connectivity index (χ1v) is 12.1. The van der Waals surface area contributed by atoms with Crippen molar-refractivity contribution in [1.29, 1.82) is 0 Å². The Hall–Kier alpha value is -3.56. The van der Waals surface area contributed by atoms with Crippen molar-refractivity contribution in [3.8, 4) is 17.2 Å². The van der Waals surface area contributed by atoms with Gasteiger partial charge in [0.05, 0.1) is 36.3 Å². The molecular weight excluding hydrogens is 468 g/mol. The smallest absolute Gasteiger partial charge is 0.345 e. The van der Waals surface area contributed by atoms with E-state index < -0.39 is 5.63 Å². The Morgan fingerprint density at radius 3 is 2.40 bits per heavy atom. The lowest BCUT2D eigenvalue weighted by molar-refractivity contribution is 0.0632. The number of benzene rings is 2. The number of hydrogen-bond acceptors (Lipinski definition) is 8. The lowest BCUT2D eigenvalue weighted by atomic mass is 10.1. The van der Waals surface area contributed by atoms with Gasteiger partial charge < -0.3 is 23.5 Å². The average Bonchev–Trinajstić information content (AvgIpc) is 3.35. The summed E-state index contributed by atoms with van der Waals surface area (Å²) in [5.74, 6) is 1.79. The standard InChI is InChI=1S/C26H26N2O6S/c1-31-20-9-8-16(22(32-2)23(20)33-3)15-27-10-12-28(13-11-27)25(29)21-14-18-24(35-21)17-6-4-5-7-19(17)34-26(18)30/h4-9,14H,10-13,15H2,1-3H3. The molecule has 3 heterocycles. The Balaban J connectivity index is 1.31. The number of fused-ring (bicyclic) bond motifs is 3. The van der Waals surface area contributed by atoms with E-state index >= 15 is 0 Å². The summed E-state index contributed by atoms with van der Waals surface area (Å²) in [6.07, 6.45) is 0. The normalized spacial score (nSPS) is 14.4. The molecule has 0 radical (unpaired) electrons. The minimum absolute atomic E-state index is 0.0574. The Morgan fingerprint density at radius 2 is 1.69 bits per heavy atom. The van der Waals surface area contributed by atoms with Crippen LogP contribution < -0.4 is 19.8 Å². The fourth-order valence-corrected chi connectivity index (χ4v) is 5.68. The summed E-state index contributed by atoms with van der Waals surface area (Å²) >= 11 is 1.35. The zero-order valence-electron chi connectivity index (χ0n) is 19.8. The van der Waals surface area contributed by atoms with Crippen LogP contribution in [0.3, 0.4) is 0 Å². The van der Waals surface area contributed by atoms with Gasteiger partial charge in [-0.1, -0.05) is 18.2 Å². The van der Waals surface area contributed by atoms with E-state index in [-0.39, 0.29) is 5.91 Å². The minimum atomic E-state index is -0.414. The maximum absolute atomic E-state index is 13.3. The monoisotopic (exact) mass is 494 g/mol. The van der Waals surface area contributed by atoms with E-state index in [4.69, 9.17) is 18.6 Å². The van der Waals surface area contributed by atoms with Crippen LogP contribution in [0.25, 0.3) is 21.1 Å². The molecule has 0 aliphatic carbocycles. The van der Waals surface area contributed by atoms with Crippen LogP contribution in [-0.4, -0.2) is 63.2 Å². The van der Waals surface area contributed by atoms with Gasteiger partial charge in [0.25, 0.3) is 5.91 Å². The van der Waals surface area contributed by atoms with E-state index in [9.17, 15) is 9.59 Å². The van der Waals surface area contributed by atoms with Gasteiger partial charge >= 0.3 is 5.63 Å². The van der Waals surface area contributed by atoms with E-state index in [0.717, 1.165) is 28.7 Å². The number of ether oxygens (including phenoxy) is 3. The van der Waals surface area contributed by atoms with Crippen molar-refractivity contribution in [2.75, 3.05) is 47.5 Å². The first kappa shape index (κ1) is 23.2. The number of nitrogens with zero attached hydrogens (tertiary/aromatic N) is 2.